The molecule has 0 aromatic heterocycles. The number of likely N-dealkylation sites (tertiary alicyclic amines) is 1. The van der Waals surface area contributed by atoms with Gasteiger partial charge in [-0.1, -0.05) is 36.0 Å². The van der Waals surface area contributed by atoms with Gasteiger partial charge in [-0.25, -0.2) is 4.79 Å². The van der Waals surface area contributed by atoms with Gasteiger partial charge in [-0.2, -0.15) is 0 Å². The normalized spacial score (nSPS) is 20.5. The molecular weight excluding hydrogens is 266 g/mol. The van der Waals surface area contributed by atoms with Gasteiger partial charge in [0.25, 0.3) is 0 Å². The van der Waals surface area contributed by atoms with E-state index >= 15 is 0 Å². The van der Waals surface area contributed by atoms with Crippen molar-refractivity contribution < 1.29 is 19.1 Å². The van der Waals surface area contributed by atoms with Crippen LogP contribution in [0.15, 0.2) is 12.7 Å². The van der Waals surface area contributed by atoms with Crippen molar-refractivity contribution in [1.29, 1.82) is 0 Å². The minimum absolute atomic E-state index is 0.0363. The predicted molar refractivity (Wildman–Crippen MR) is 64.3 cm³/mol. The highest BCUT2D eigenvalue weighted by atomic mass is 35.5. The molecule has 5 nitrogen and oxygen atoms in total. The SMILES string of the molecule is C=CCOC(=O)C(Cl)N1C(=O)CC1SC(C)=O. The maximum absolute atomic E-state index is 11.4. The molecule has 2 unspecified atom stereocenters. The summed E-state index contributed by atoms with van der Waals surface area (Å²) in [5.74, 6) is -0.979. The maximum Gasteiger partial charge on any atom is 0.344 e. The largest absolute Gasteiger partial charge is 0.459 e. The number of β-lactam (4-membered cyclic amide) rings is 1. The van der Waals surface area contributed by atoms with Gasteiger partial charge in [-0.15, -0.1) is 0 Å². The molecule has 0 N–H and O–H groups in total. The van der Waals surface area contributed by atoms with Crippen LogP contribution in [0.4, 0.5) is 0 Å². The molecule has 0 aromatic carbocycles. The van der Waals surface area contributed by atoms with Crippen LogP contribution in [0.1, 0.15) is 13.3 Å². The van der Waals surface area contributed by atoms with Gasteiger partial charge in [0.15, 0.2) is 5.12 Å². The Morgan fingerprint density at radius 1 is 1.76 bits per heavy atom. The molecule has 0 bridgehead atoms. The number of hydrogen-bond acceptors (Lipinski definition) is 5. The van der Waals surface area contributed by atoms with Crippen molar-refractivity contribution in [2.75, 3.05) is 6.61 Å². The number of ether oxygens (including phenoxy) is 1. The van der Waals surface area contributed by atoms with Crippen LogP contribution < -0.4 is 0 Å². The fraction of sp³-hybridized carbons (Fsp3) is 0.500. The molecule has 1 saturated heterocycles. The Hall–Kier alpha value is -1.01. The number of rotatable bonds is 5. The minimum Gasteiger partial charge on any atom is -0.459 e. The van der Waals surface area contributed by atoms with Crippen LogP contribution in [-0.2, 0) is 19.1 Å². The molecule has 0 aliphatic carbocycles. The molecule has 1 amide bonds. The highest BCUT2D eigenvalue weighted by Gasteiger charge is 2.44. The van der Waals surface area contributed by atoms with Gasteiger partial charge in [0, 0.05) is 6.92 Å². The van der Waals surface area contributed by atoms with Crippen molar-refractivity contribution in [1.82, 2.24) is 4.90 Å². The molecule has 94 valence electrons. The van der Waals surface area contributed by atoms with Crippen LogP contribution in [0.5, 0.6) is 0 Å². The van der Waals surface area contributed by atoms with Gasteiger partial charge in [-0.05, 0) is 0 Å². The van der Waals surface area contributed by atoms with E-state index in [1.54, 1.807) is 0 Å². The zero-order valence-electron chi connectivity index (χ0n) is 9.22. The molecule has 0 radical (unpaired) electrons. The van der Waals surface area contributed by atoms with Crippen LogP contribution in [-0.4, -0.2) is 39.4 Å². The molecule has 1 aliphatic heterocycles. The first-order valence-electron chi connectivity index (χ1n) is 4.87. The Balaban J connectivity index is 2.56. The molecule has 17 heavy (non-hydrogen) atoms. The van der Waals surface area contributed by atoms with E-state index in [0.29, 0.717) is 0 Å². The molecule has 1 fully saturated rings. The van der Waals surface area contributed by atoms with Crippen molar-refractivity contribution in [3.8, 4) is 0 Å². The van der Waals surface area contributed by atoms with Crippen LogP contribution >= 0.6 is 23.4 Å². The average molecular weight is 278 g/mol. The molecule has 1 rings (SSSR count). The Kier molecular flexibility index (Phi) is 5.02. The summed E-state index contributed by atoms with van der Waals surface area (Å²) in [6.45, 7) is 4.82. The zero-order valence-corrected chi connectivity index (χ0v) is 10.8. The van der Waals surface area contributed by atoms with Crippen LogP contribution in [0.3, 0.4) is 0 Å². The van der Waals surface area contributed by atoms with Gasteiger partial charge in [-0.3, -0.25) is 9.59 Å². The number of carbonyl (C=O) groups excluding carboxylic acids is 3. The molecule has 0 spiro atoms. The summed E-state index contributed by atoms with van der Waals surface area (Å²) in [5.41, 5.74) is -1.19. The highest BCUT2D eigenvalue weighted by Crippen LogP contribution is 2.33. The zero-order chi connectivity index (χ0) is 13.0. The lowest BCUT2D eigenvalue weighted by atomic mass is 10.2. The fourth-order valence-electron chi connectivity index (χ4n) is 1.29. The van der Waals surface area contributed by atoms with Gasteiger partial charge in [0.2, 0.25) is 11.4 Å². The van der Waals surface area contributed by atoms with Crippen LogP contribution in [0, 0.1) is 0 Å². The summed E-state index contributed by atoms with van der Waals surface area (Å²) in [6.07, 6.45) is 1.61. The maximum atomic E-state index is 11.4. The smallest absolute Gasteiger partial charge is 0.344 e. The number of hydrogen-bond donors (Lipinski definition) is 0. The number of carbonyl (C=O) groups is 3. The molecule has 7 heteroatoms. The molecule has 2 atom stereocenters. The lowest BCUT2D eigenvalue weighted by molar-refractivity contribution is -0.156. The van der Waals surface area contributed by atoms with E-state index in [4.69, 9.17) is 16.3 Å². The number of esters is 1. The van der Waals surface area contributed by atoms with E-state index in [0.717, 1.165) is 16.7 Å². The Labute approximate surface area is 108 Å². The minimum atomic E-state index is -1.19. The van der Waals surface area contributed by atoms with E-state index in [-0.39, 0.29) is 29.4 Å². The number of halogens is 1. The first kappa shape index (κ1) is 14.1. The van der Waals surface area contributed by atoms with E-state index < -0.39 is 11.5 Å². The van der Waals surface area contributed by atoms with Crippen molar-refractivity contribution in [2.45, 2.75) is 24.2 Å². The predicted octanol–water partition coefficient (Wildman–Crippen LogP) is 1.12. The first-order valence-corrected chi connectivity index (χ1v) is 6.19. The van der Waals surface area contributed by atoms with Gasteiger partial charge >= 0.3 is 5.97 Å². The average Bonchev–Trinajstić information content (AvgIpc) is 2.24. The van der Waals surface area contributed by atoms with E-state index in [1.807, 2.05) is 0 Å². The summed E-state index contributed by atoms with van der Waals surface area (Å²) in [7, 11) is 0. The molecular formula is C10H12ClNO4S. The summed E-state index contributed by atoms with van der Waals surface area (Å²) < 4.78 is 4.73. The second-order valence-corrected chi connectivity index (χ2v) is 5.09. The summed E-state index contributed by atoms with van der Waals surface area (Å²) in [5, 5.41) is -0.505. The summed E-state index contributed by atoms with van der Waals surface area (Å²) in [6, 6.07) is 0. The lowest BCUT2D eigenvalue weighted by Crippen LogP contribution is -2.57. The summed E-state index contributed by atoms with van der Waals surface area (Å²) in [4.78, 5) is 34.8. The standard InChI is InChI=1S/C10H12ClNO4S/c1-3-4-16-10(15)9(11)12-7(14)5-8(12)17-6(2)13/h3,8-9H,1,4-5H2,2H3. The number of amides is 1. The Morgan fingerprint density at radius 3 is 2.88 bits per heavy atom. The third-order valence-corrected chi connectivity index (χ3v) is 3.42. The molecule has 0 saturated carbocycles. The molecule has 1 heterocycles. The van der Waals surface area contributed by atoms with Crippen molar-refractivity contribution in [2.24, 2.45) is 0 Å². The van der Waals surface area contributed by atoms with E-state index in [1.165, 1.54) is 13.0 Å². The first-order chi connectivity index (χ1) is 7.97. The Morgan fingerprint density at radius 2 is 2.41 bits per heavy atom. The van der Waals surface area contributed by atoms with E-state index in [2.05, 4.69) is 6.58 Å². The van der Waals surface area contributed by atoms with Crippen LogP contribution in [0.25, 0.3) is 0 Å². The summed E-state index contributed by atoms with van der Waals surface area (Å²) >= 11 is 6.79. The second-order valence-electron chi connectivity index (χ2n) is 3.32. The lowest BCUT2D eigenvalue weighted by Gasteiger charge is -2.40. The van der Waals surface area contributed by atoms with Crippen LogP contribution in [0.2, 0.25) is 0 Å². The third-order valence-electron chi connectivity index (χ3n) is 2.03. The number of thioether (sulfide) groups is 1. The number of alkyl halides is 1. The Bertz CT molecular complexity index is 360. The second kappa shape index (κ2) is 6.07. The van der Waals surface area contributed by atoms with Gasteiger partial charge < -0.3 is 9.64 Å². The van der Waals surface area contributed by atoms with Crippen molar-refractivity contribution >= 4 is 40.4 Å². The molecule has 0 aromatic rings. The highest BCUT2D eigenvalue weighted by molar-refractivity contribution is 8.14. The topological polar surface area (TPSA) is 63.7 Å². The van der Waals surface area contributed by atoms with Gasteiger partial charge in [0.1, 0.15) is 6.61 Å². The number of nitrogens with zero attached hydrogens (tertiary/aromatic N) is 1. The third kappa shape index (κ3) is 3.47. The van der Waals surface area contributed by atoms with Gasteiger partial charge in [0.05, 0.1) is 11.8 Å². The molecule has 1 aliphatic rings. The fourth-order valence-corrected chi connectivity index (χ4v) is 2.62. The van der Waals surface area contributed by atoms with E-state index in [9.17, 15) is 14.4 Å². The van der Waals surface area contributed by atoms with Crippen molar-refractivity contribution in [3.05, 3.63) is 12.7 Å². The quantitative estimate of drug-likeness (QED) is 0.248. The van der Waals surface area contributed by atoms with Crippen molar-refractivity contribution in [3.63, 3.8) is 0 Å². The monoisotopic (exact) mass is 277 g/mol.